The minimum Gasteiger partial charge on any atom is -0.455 e. The molecule has 0 saturated carbocycles. The lowest BCUT2D eigenvalue weighted by atomic mass is 10.1. The van der Waals surface area contributed by atoms with Gasteiger partial charge in [0.1, 0.15) is 21.8 Å². The Morgan fingerprint density at radius 2 is 1.63 bits per heavy atom. The number of rotatable bonds is 9. The van der Waals surface area contributed by atoms with Crippen LogP contribution in [-0.4, -0.2) is 35.0 Å². The van der Waals surface area contributed by atoms with E-state index >= 15 is 0 Å². The van der Waals surface area contributed by atoms with Crippen LogP contribution in [0.1, 0.15) is 6.92 Å². The quantitative estimate of drug-likeness (QED) is 0.257. The number of nitrogens with zero attached hydrogens (tertiary/aromatic N) is 1. The molecule has 4 rings (SSSR count). The molecular weight excluding hydrogens is 557 g/mol. The first-order valence-electron chi connectivity index (χ1n) is 12.2. The molecular formula is C29H25F3N4O4S. The highest BCUT2D eigenvalue weighted by Gasteiger charge is 2.38. The first-order chi connectivity index (χ1) is 19.5. The van der Waals surface area contributed by atoms with Crippen LogP contribution >= 0.6 is 11.8 Å². The Bertz CT molecular complexity index is 1510. The van der Waals surface area contributed by atoms with Gasteiger partial charge in [0.15, 0.2) is 5.75 Å². The predicted octanol–water partition coefficient (Wildman–Crippen LogP) is 6.26. The Balaban J connectivity index is 1.55. The summed E-state index contributed by atoms with van der Waals surface area (Å²) >= 11 is 0.985. The van der Waals surface area contributed by atoms with Gasteiger partial charge >= 0.3 is 6.36 Å². The van der Waals surface area contributed by atoms with Gasteiger partial charge in [-0.05, 0) is 55.5 Å². The van der Waals surface area contributed by atoms with Gasteiger partial charge in [0.25, 0.3) is 5.91 Å². The number of ether oxygens (including phenoxy) is 2. The topological polar surface area (TPSA) is 115 Å². The molecule has 1 atom stereocenters. The van der Waals surface area contributed by atoms with Crippen molar-refractivity contribution < 1.29 is 32.2 Å². The molecule has 0 bridgehead atoms. The molecule has 3 aromatic carbocycles. The van der Waals surface area contributed by atoms with Crippen LogP contribution in [-0.2, 0) is 9.59 Å². The number of halogens is 3. The lowest BCUT2D eigenvalue weighted by Gasteiger charge is -2.13. The molecule has 0 saturated heterocycles. The molecule has 1 aliphatic heterocycles. The van der Waals surface area contributed by atoms with E-state index in [-0.39, 0.29) is 28.5 Å². The molecule has 0 aliphatic carbocycles. The molecule has 12 heteroatoms. The molecule has 8 nitrogen and oxygen atoms in total. The lowest BCUT2D eigenvalue weighted by molar-refractivity contribution is -0.274. The molecule has 3 aromatic rings. The second-order valence-electron chi connectivity index (χ2n) is 8.83. The van der Waals surface area contributed by atoms with Crippen molar-refractivity contribution in [2.45, 2.75) is 18.5 Å². The summed E-state index contributed by atoms with van der Waals surface area (Å²) in [7, 11) is 0. The van der Waals surface area contributed by atoms with Crippen molar-refractivity contribution in [3.05, 3.63) is 102 Å². The normalized spacial score (nSPS) is 15.9. The molecule has 2 amide bonds. The number of para-hydroxylation sites is 3. The van der Waals surface area contributed by atoms with Crippen LogP contribution in [0.4, 0.5) is 24.5 Å². The molecule has 212 valence electrons. The maximum Gasteiger partial charge on any atom is 0.573 e. The molecule has 1 heterocycles. The average molecular weight is 583 g/mol. The molecule has 0 aromatic heterocycles. The largest absolute Gasteiger partial charge is 0.573 e. The molecule has 0 unspecified atom stereocenters. The predicted molar refractivity (Wildman–Crippen MR) is 153 cm³/mol. The van der Waals surface area contributed by atoms with E-state index in [0.29, 0.717) is 17.2 Å². The number of thioether (sulfide) groups is 1. The van der Waals surface area contributed by atoms with E-state index in [1.165, 1.54) is 12.1 Å². The number of nitrogens with one attached hydrogen (secondary N) is 2. The average Bonchev–Trinajstić information content (AvgIpc) is 3.25. The van der Waals surface area contributed by atoms with Gasteiger partial charge in [0.2, 0.25) is 5.91 Å². The zero-order chi connectivity index (χ0) is 29.6. The van der Waals surface area contributed by atoms with Crippen LogP contribution in [0, 0.1) is 0 Å². The third-order valence-electron chi connectivity index (χ3n) is 5.43. The van der Waals surface area contributed by atoms with Crippen molar-refractivity contribution in [2.24, 2.45) is 10.7 Å². The highest BCUT2D eigenvalue weighted by Crippen LogP contribution is 2.36. The van der Waals surface area contributed by atoms with E-state index < -0.39 is 29.2 Å². The summed E-state index contributed by atoms with van der Waals surface area (Å²) < 4.78 is 47.1. The number of aliphatic imine (C=N–C) groups is 1. The van der Waals surface area contributed by atoms with Gasteiger partial charge in [-0.25, -0.2) is 0 Å². The lowest BCUT2D eigenvalue weighted by Crippen LogP contribution is -2.29. The molecule has 4 N–H and O–H groups in total. The highest BCUT2D eigenvalue weighted by atomic mass is 32.2. The first-order valence-corrected chi connectivity index (χ1v) is 13.0. The van der Waals surface area contributed by atoms with Gasteiger partial charge in [-0.15, -0.1) is 13.2 Å². The number of alkyl halides is 3. The number of nitrogens with two attached hydrogens (primary N) is 1. The summed E-state index contributed by atoms with van der Waals surface area (Å²) in [5, 5.41) is 4.62. The summed E-state index contributed by atoms with van der Waals surface area (Å²) in [5.74, 6) is -0.652. The number of carbonyl (C=O) groups excluding carboxylic acids is 2. The molecule has 0 radical (unpaired) electrons. The minimum atomic E-state index is -4.84. The third kappa shape index (κ3) is 7.92. The number of carbonyl (C=O) groups is 2. The van der Waals surface area contributed by atoms with E-state index in [1.807, 2.05) is 18.2 Å². The summed E-state index contributed by atoms with van der Waals surface area (Å²) in [6, 6.07) is 20.5. The van der Waals surface area contributed by atoms with Gasteiger partial charge in [-0.1, -0.05) is 54.2 Å². The van der Waals surface area contributed by atoms with E-state index in [2.05, 4.69) is 26.9 Å². The Hall–Kier alpha value is -4.71. The molecule has 1 aliphatic rings. The summed E-state index contributed by atoms with van der Waals surface area (Å²) in [6.45, 7) is 5.79. The molecule has 0 spiro atoms. The zero-order valence-electron chi connectivity index (χ0n) is 21.7. The van der Waals surface area contributed by atoms with Crippen LogP contribution in [0.2, 0.25) is 0 Å². The van der Waals surface area contributed by atoms with E-state index in [4.69, 9.17) is 10.5 Å². The van der Waals surface area contributed by atoms with Crippen molar-refractivity contribution in [3.63, 3.8) is 0 Å². The van der Waals surface area contributed by atoms with Crippen molar-refractivity contribution in [1.82, 2.24) is 0 Å². The fourth-order valence-corrected chi connectivity index (χ4v) is 4.74. The van der Waals surface area contributed by atoms with Crippen molar-refractivity contribution in [3.8, 4) is 17.2 Å². The van der Waals surface area contributed by atoms with Crippen LogP contribution in [0.3, 0.4) is 0 Å². The smallest absolute Gasteiger partial charge is 0.455 e. The zero-order valence-corrected chi connectivity index (χ0v) is 22.5. The highest BCUT2D eigenvalue weighted by molar-refractivity contribution is 8.16. The van der Waals surface area contributed by atoms with Crippen LogP contribution in [0.5, 0.6) is 17.2 Å². The summed E-state index contributed by atoms with van der Waals surface area (Å²) in [4.78, 5) is 31.1. The SMILES string of the molecule is C=C(C)CN=C1S[C@H](C(=O)Nc2ccc(OC(F)(F)F)cc2)C(N)=C1C(=O)Nc1ccccc1Oc1ccccc1. The van der Waals surface area contributed by atoms with Gasteiger partial charge < -0.3 is 25.8 Å². The van der Waals surface area contributed by atoms with Gasteiger partial charge in [-0.2, -0.15) is 0 Å². The maximum atomic E-state index is 13.5. The fourth-order valence-electron chi connectivity index (χ4n) is 3.64. The molecule has 0 fully saturated rings. The second-order valence-corrected chi connectivity index (χ2v) is 9.93. The second kappa shape index (κ2) is 12.6. The van der Waals surface area contributed by atoms with Crippen molar-refractivity contribution >= 4 is 40.0 Å². The number of hydrogen-bond acceptors (Lipinski definition) is 7. The number of amides is 2. The van der Waals surface area contributed by atoms with Gasteiger partial charge in [-0.3, -0.25) is 14.6 Å². The Morgan fingerprint density at radius 1 is 0.976 bits per heavy atom. The van der Waals surface area contributed by atoms with Crippen molar-refractivity contribution in [2.75, 3.05) is 17.2 Å². The first kappa shape index (κ1) is 29.3. The Morgan fingerprint density at radius 3 is 2.29 bits per heavy atom. The van der Waals surface area contributed by atoms with Crippen LogP contribution in [0.25, 0.3) is 0 Å². The van der Waals surface area contributed by atoms with E-state index in [1.54, 1.807) is 43.3 Å². The minimum absolute atomic E-state index is 0.0241. The van der Waals surface area contributed by atoms with Crippen LogP contribution in [0.15, 0.2) is 107 Å². The summed E-state index contributed by atoms with van der Waals surface area (Å²) in [6.07, 6.45) is -4.84. The Kier molecular flexibility index (Phi) is 9.03. The summed E-state index contributed by atoms with van der Waals surface area (Å²) in [5.41, 5.74) is 7.66. The molecule has 41 heavy (non-hydrogen) atoms. The number of anilines is 2. The monoisotopic (exact) mass is 582 g/mol. The number of hydrogen-bond donors (Lipinski definition) is 3. The van der Waals surface area contributed by atoms with Crippen LogP contribution < -0.4 is 25.8 Å². The van der Waals surface area contributed by atoms with Gasteiger partial charge in [0, 0.05) is 11.4 Å². The van der Waals surface area contributed by atoms with Crippen molar-refractivity contribution in [1.29, 1.82) is 0 Å². The third-order valence-corrected chi connectivity index (χ3v) is 6.69. The van der Waals surface area contributed by atoms with E-state index in [9.17, 15) is 22.8 Å². The number of benzene rings is 3. The van der Waals surface area contributed by atoms with Gasteiger partial charge in [0.05, 0.1) is 17.8 Å². The standard InChI is InChI=1S/C29H25F3N4O4S/c1-17(2)16-34-28-23(26(37)36-21-10-6-7-11-22(21)39-19-8-4-3-5-9-19)24(33)25(41-28)27(38)35-18-12-14-20(15-13-18)40-29(30,31)32/h3-15,25H,1,16,33H2,2H3,(H,35,38)(H,36,37)/t25-/m0/s1. The Labute approximate surface area is 238 Å². The fraction of sp³-hybridized carbons (Fsp3) is 0.138. The van der Waals surface area contributed by atoms with E-state index in [0.717, 1.165) is 29.5 Å². The maximum absolute atomic E-state index is 13.5.